The number of rotatable bonds is 0. The fourth-order valence-corrected chi connectivity index (χ4v) is 2.29. The summed E-state index contributed by atoms with van der Waals surface area (Å²) in [5, 5.41) is 2.19. The van der Waals surface area contributed by atoms with Gasteiger partial charge in [0.2, 0.25) is 0 Å². The maximum absolute atomic E-state index is 2.32. The zero-order valence-corrected chi connectivity index (χ0v) is 7.53. The molecule has 0 saturated carbocycles. The van der Waals surface area contributed by atoms with Crippen molar-refractivity contribution in [1.82, 2.24) is 0 Å². The molecule has 0 bridgehead atoms. The quantitative estimate of drug-likeness (QED) is 0.551. The first-order chi connectivity index (χ1) is 5.36. The summed E-state index contributed by atoms with van der Waals surface area (Å²) in [6.45, 7) is 2.28. The summed E-state index contributed by atoms with van der Waals surface area (Å²) in [5.74, 6) is 0.759. The van der Waals surface area contributed by atoms with Gasteiger partial charge in [0, 0.05) is 4.88 Å². The van der Waals surface area contributed by atoms with Gasteiger partial charge in [-0.2, -0.15) is 0 Å². The van der Waals surface area contributed by atoms with Gasteiger partial charge in [-0.3, -0.25) is 0 Å². The highest BCUT2D eigenvalue weighted by Gasteiger charge is 2.07. The first kappa shape index (κ1) is 7.11. The maximum atomic E-state index is 2.32. The highest BCUT2D eigenvalue weighted by atomic mass is 32.1. The van der Waals surface area contributed by atoms with Gasteiger partial charge in [-0.25, -0.2) is 0 Å². The van der Waals surface area contributed by atoms with E-state index in [0.717, 1.165) is 5.92 Å². The predicted octanol–water partition coefficient (Wildman–Crippen LogP) is 3.34. The SMILES string of the molecule is CC1C=Cc2sccc2CC1. The van der Waals surface area contributed by atoms with E-state index in [4.69, 9.17) is 0 Å². The highest BCUT2D eigenvalue weighted by molar-refractivity contribution is 7.11. The monoisotopic (exact) mass is 164 g/mol. The number of hydrogen-bond donors (Lipinski definition) is 0. The van der Waals surface area contributed by atoms with Gasteiger partial charge in [-0.1, -0.05) is 13.0 Å². The van der Waals surface area contributed by atoms with Crippen LogP contribution in [0, 0.1) is 5.92 Å². The molecule has 0 amide bonds. The molecule has 1 aliphatic rings. The Morgan fingerprint density at radius 2 is 2.45 bits per heavy atom. The van der Waals surface area contributed by atoms with Crippen molar-refractivity contribution in [2.45, 2.75) is 19.8 Å². The van der Waals surface area contributed by atoms with Crippen molar-refractivity contribution in [3.8, 4) is 0 Å². The van der Waals surface area contributed by atoms with Gasteiger partial charge >= 0.3 is 0 Å². The standard InChI is InChI=1S/C10H12S/c1-8-2-4-9-6-7-11-10(9)5-3-8/h3,5-8H,2,4H2,1H3. The molecule has 1 aliphatic carbocycles. The second-order valence-corrected chi connectivity index (χ2v) is 4.13. The molecule has 1 heterocycles. The van der Waals surface area contributed by atoms with E-state index in [1.807, 2.05) is 11.3 Å². The van der Waals surface area contributed by atoms with Crippen LogP contribution >= 0.6 is 11.3 Å². The number of allylic oxidation sites excluding steroid dienone is 1. The van der Waals surface area contributed by atoms with Crippen LogP contribution in [0.4, 0.5) is 0 Å². The largest absolute Gasteiger partial charge is 0.144 e. The van der Waals surface area contributed by atoms with E-state index in [0.29, 0.717) is 0 Å². The third-order valence-electron chi connectivity index (χ3n) is 2.23. The van der Waals surface area contributed by atoms with Gasteiger partial charge in [0.1, 0.15) is 0 Å². The van der Waals surface area contributed by atoms with Crippen molar-refractivity contribution < 1.29 is 0 Å². The van der Waals surface area contributed by atoms with Gasteiger partial charge in [0.05, 0.1) is 0 Å². The molecule has 58 valence electrons. The van der Waals surface area contributed by atoms with Crippen LogP contribution in [0.3, 0.4) is 0 Å². The molecule has 11 heavy (non-hydrogen) atoms. The zero-order chi connectivity index (χ0) is 7.68. The van der Waals surface area contributed by atoms with Crippen molar-refractivity contribution in [3.05, 3.63) is 28.0 Å². The van der Waals surface area contributed by atoms with Crippen molar-refractivity contribution in [1.29, 1.82) is 0 Å². The van der Waals surface area contributed by atoms with E-state index in [2.05, 4.69) is 30.5 Å². The van der Waals surface area contributed by atoms with Crippen LogP contribution in [0.2, 0.25) is 0 Å². The number of thiophene rings is 1. The van der Waals surface area contributed by atoms with E-state index >= 15 is 0 Å². The second kappa shape index (κ2) is 2.82. The molecule has 1 aromatic rings. The van der Waals surface area contributed by atoms with Crippen molar-refractivity contribution in [2.24, 2.45) is 5.92 Å². The molecule has 2 rings (SSSR count). The molecule has 1 atom stereocenters. The van der Waals surface area contributed by atoms with Crippen LogP contribution in [-0.2, 0) is 6.42 Å². The summed E-state index contributed by atoms with van der Waals surface area (Å²) in [6, 6.07) is 2.25. The summed E-state index contributed by atoms with van der Waals surface area (Å²) >= 11 is 1.85. The average Bonchev–Trinajstić information content (AvgIpc) is 2.38. The molecule has 0 nitrogen and oxygen atoms in total. The Morgan fingerprint density at radius 3 is 3.36 bits per heavy atom. The zero-order valence-electron chi connectivity index (χ0n) is 6.71. The Morgan fingerprint density at radius 1 is 1.55 bits per heavy atom. The lowest BCUT2D eigenvalue weighted by Crippen LogP contribution is -1.89. The molecule has 0 spiro atoms. The van der Waals surface area contributed by atoms with Gasteiger partial charge in [-0.05, 0) is 41.8 Å². The minimum atomic E-state index is 0.759. The normalized spacial score (nSPS) is 22.8. The molecule has 1 unspecified atom stereocenters. The summed E-state index contributed by atoms with van der Waals surface area (Å²) in [4.78, 5) is 1.47. The molecular weight excluding hydrogens is 152 g/mol. The fourth-order valence-electron chi connectivity index (χ4n) is 1.43. The van der Waals surface area contributed by atoms with Gasteiger partial charge < -0.3 is 0 Å². The van der Waals surface area contributed by atoms with Gasteiger partial charge in [0.25, 0.3) is 0 Å². The summed E-state index contributed by atoms with van der Waals surface area (Å²) in [6.07, 6.45) is 7.16. The number of aryl methyl sites for hydroxylation is 1. The van der Waals surface area contributed by atoms with E-state index in [9.17, 15) is 0 Å². The van der Waals surface area contributed by atoms with Crippen molar-refractivity contribution >= 4 is 17.4 Å². The lowest BCUT2D eigenvalue weighted by molar-refractivity contribution is 0.655. The van der Waals surface area contributed by atoms with Crippen LogP contribution in [-0.4, -0.2) is 0 Å². The summed E-state index contributed by atoms with van der Waals surface area (Å²) in [7, 11) is 0. The molecule has 0 saturated heterocycles. The molecule has 0 aliphatic heterocycles. The molecular formula is C10H12S. The fraction of sp³-hybridized carbons (Fsp3) is 0.400. The van der Waals surface area contributed by atoms with Crippen LogP contribution in [0.1, 0.15) is 23.8 Å². The first-order valence-electron chi connectivity index (χ1n) is 4.11. The van der Waals surface area contributed by atoms with Crippen LogP contribution in [0.5, 0.6) is 0 Å². The molecule has 1 aromatic heterocycles. The second-order valence-electron chi connectivity index (χ2n) is 3.19. The van der Waals surface area contributed by atoms with Crippen LogP contribution in [0.25, 0.3) is 6.08 Å². The van der Waals surface area contributed by atoms with Crippen molar-refractivity contribution in [2.75, 3.05) is 0 Å². The summed E-state index contributed by atoms with van der Waals surface area (Å²) < 4.78 is 0. The minimum Gasteiger partial charge on any atom is -0.144 e. The van der Waals surface area contributed by atoms with E-state index in [-0.39, 0.29) is 0 Å². The lowest BCUT2D eigenvalue weighted by atomic mass is 10.1. The Kier molecular flexibility index (Phi) is 1.82. The molecule has 1 heteroatoms. The molecule has 0 aromatic carbocycles. The molecule has 0 fully saturated rings. The predicted molar refractivity (Wildman–Crippen MR) is 50.8 cm³/mol. The Labute approximate surface area is 71.6 Å². The van der Waals surface area contributed by atoms with Crippen LogP contribution < -0.4 is 0 Å². The highest BCUT2D eigenvalue weighted by Crippen LogP contribution is 2.25. The Bertz CT molecular complexity index is 270. The topological polar surface area (TPSA) is 0 Å². The third-order valence-corrected chi connectivity index (χ3v) is 3.15. The third kappa shape index (κ3) is 1.38. The number of hydrogen-bond acceptors (Lipinski definition) is 1. The summed E-state index contributed by atoms with van der Waals surface area (Å²) in [5.41, 5.74) is 1.54. The Balaban J connectivity index is 2.35. The average molecular weight is 164 g/mol. The Hall–Kier alpha value is -0.560. The van der Waals surface area contributed by atoms with Crippen LogP contribution in [0.15, 0.2) is 17.5 Å². The smallest absolute Gasteiger partial charge is 0.0299 e. The lowest BCUT2D eigenvalue weighted by Gasteiger charge is -2.00. The van der Waals surface area contributed by atoms with Gasteiger partial charge in [-0.15, -0.1) is 11.3 Å². The number of fused-ring (bicyclic) bond motifs is 1. The van der Waals surface area contributed by atoms with E-state index in [1.54, 1.807) is 0 Å². The van der Waals surface area contributed by atoms with E-state index < -0.39 is 0 Å². The van der Waals surface area contributed by atoms with E-state index in [1.165, 1.54) is 23.3 Å². The molecule has 0 N–H and O–H groups in total. The van der Waals surface area contributed by atoms with Gasteiger partial charge in [0.15, 0.2) is 0 Å². The van der Waals surface area contributed by atoms with Crippen molar-refractivity contribution in [3.63, 3.8) is 0 Å². The molecule has 0 radical (unpaired) electrons. The first-order valence-corrected chi connectivity index (χ1v) is 4.99. The minimum absolute atomic E-state index is 0.759. The maximum Gasteiger partial charge on any atom is 0.0299 e.